The van der Waals surface area contributed by atoms with Crippen LogP contribution in [0.4, 0.5) is 4.39 Å². The quantitative estimate of drug-likeness (QED) is 0.411. The minimum atomic E-state index is -0.817. The fourth-order valence-electron chi connectivity index (χ4n) is 4.83. The number of carboxylic acids is 1. The maximum atomic E-state index is 14.7. The van der Waals surface area contributed by atoms with Gasteiger partial charge < -0.3 is 5.11 Å². The predicted octanol–water partition coefficient (Wildman–Crippen LogP) is 4.67. The Morgan fingerprint density at radius 3 is 2.26 bits per heavy atom. The maximum absolute atomic E-state index is 14.7. The lowest BCUT2D eigenvalue weighted by atomic mass is 9.92. The molecule has 6 nitrogen and oxygen atoms in total. The number of hydrogen-bond donors (Lipinski definition) is 2. The van der Waals surface area contributed by atoms with Gasteiger partial charge in [0.1, 0.15) is 5.82 Å². The highest BCUT2D eigenvalue weighted by Crippen LogP contribution is 2.36. The van der Waals surface area contributed by atoms with Crippen LogP contribution in [0, 0.1) is 5.82 Å². The average molecular weight is 471 g/mol. The van der Waals surface area contributed by atoms with Gasteiger partial charge in [0, 0.05) is 37.3 Å². The van der Waals surface area contributed by atoms with E-state index in [2.05, 4.69) is 51.5 Å². The zero-order valence-corrected chi connectivity index (χ0v) is 19.3. The molecule has 35 heavy (non-hydrogen) atoms. The first-order valence-corrected chi connectivity index (χ1v) is 11.7. The second-order valence-corrected chi connectivity index (χ2v) is 8.78. The number of nitrogens with one attached hydrogen (secondary N) is 1. The molecule has 2 heterocycles. The molecule has 0 amide bonds. The molecule has 178 valence electrons. The minimum Gasteiger partial charge on any atom is -0.480 e. The molecule has 0 aliphatic carbocycles. The van der Waals surface area contributed by atoms with Gasteiger partial charge in [0.25, 0.3) is 0 Å². The van der Waals surface area contributed by atoms with Crippen LogP contribution in [0.1, 0.15) is 17.2 Å². The number of carbonyl (C=O) groups is 1. The number of rotatable bonds is 7. The summed E-state index contributed by atoms with van der Waals surface area (Å²) in [5.41, 5.74) is 5.39. The van der Waals surface area contributed by atoms with Crippen LogP contribution >= 0.6 is 0 Å². The molecule has 1 atom stereocenters. The van der Waals surface area contributed by atoms with Gasteiger partial charge in [-0.05, 0) is 28.8 Å². The predicted molar refractivity (Wildman–Crippen MR) is 133 cm³/mol. The van der Waals surface area contributed by atoms with E-state index in [0.29, 0.717) is 37.4 Å². The standard InChI is InChI=1S/C28H27FN4O2/c29-25-9-5-4-8-23(25)27-24(18-30-31-27)28(33-16-14-32(15-17-33)19-26(34)35)22-12-10-21(11-13-22)20-6-2-1-3-7-20/h1-13,18,28H,14-17,19H2,(H,30,31)(H,34,35). The van der Waals surface area contributed by atoms with E-state index in [1.807, 2.05) is 29.2 Å². The molecule has 0 spiro atoms. The Hall–Kier alpha value is -3.81. The molecule has 1 aromatic heterocycles. The molecule has 1 unspecified atom stereocenters. The van der Waals surface area contributed by atoms with E-state index in [0.717, 1.165) is 22.3 Å². The van der Waals surface area contributed by atoms with Crippen molar-refractivity contribution in [3.63, 3.8) is 0 Å². The summed E-state index contributed by atoms with van der Waals surface area (Å²) in [5, 5.41) is 16.5. The number of carboxylic acid groups (broad SMARTS) is 1. The van der Waals surface area contributed by atoms with Crippen molar-refractivity contribution in [2.24, 2.45) is 0 Å². The molecule has 1 aliphatic rings. The summed E-state index contributed by atoms with van der Waals surface area (Å²) >= 11 is 0. The number of hydrogen-bond acceptors (Lipinski definition) is 4. The highest BCUT2D eigenvalue weighted by atomic mass is 19.1. The van der Waals surface area contributed by atoms with Crippen LogP contribution in [0.25, 0.3) is 22.4 Å². The molecule has 1 aliphatic heterocycles. The van der Waals surface area contributed by atoms with Crippen LogP contribution in [-0.2, 0) is 4.79 Å². The number of H-pyrrole nitrogens is 1. The lowest BCUT2D eigenvalue weighted by Gasteiger charge is -2.39. The summed E-state index contributed by atoms with van der Waals surface area (Å²) in [6, 6.07) is 25.2. The lowest BCUT2D eigenvalue weighted by molar-refractivity contribution is -0.138. The second kappa shape index (κ2) is 10.2. The Morgan fingerprint density at radius 2 is 1.57 bits per heavy atom. The van der Waals surface area contributed by atoms with Gasteiger partial charge in [-0.1, -0.05) is 66.7 Å². The van der Waals surface area contributed by atoms with Gasteiger partial charge in [-0.2, -0.15) is 5.10 Å². The Balaban J connectivity index is 1.51. The maximum Gasteiger partial charge on any atom is 0.317 e. The van der Waals surface area contributed by atoms with Gasteiger partial charge in [0.15, 0.2) is 0 Å². The highest BCUT2D eigenvalue weighted by Gasteiger charge is 2.30. The van der Waals surface area contributed by atoms with Gasteiger partial charge in [0.2, 0.25) is 0 Å². The first-order valence-electron chi connectivity index (χ1n) is 11.7. The molecular formula is C28H27FN4O2. The van der Waals surface area contributed by atoms with Gasteiger partial charge in [-0.25, -0.2) is 4.39 Å². The molecule has 0 saturated carbocycles. The van der Waals surface area contributed by atoms with Gasteiger partial charge >= 0.3 is 5.97 Å². The minimum absolute atomic E-state index is 0.0382. The van der Waals surface area contributed by atoms with Crippen LogP contribution in [0.5, 0.6) is 0 Å². The summed E-state index contributed by atoms with van der Waals surface area (Å²) in [4.78, 5) is 15.4. The number of piperazine rings is 1. The average Bonchev–Trinajstić information content (AvgIpc) is 3.35. The normalized spacial score (nSPS) is 15.7. The fraction of sp³-hybridized carbons (Fsp3) is 0.214. The molecule has 1 saturated heterocycles. The molecule has 5 rings (SSSR count). The Labute approximate surface area is 203 Å². The van der Waals surface area contributed by atoms with E-state index < -0.39 is 5.97 Å². The zero-order valence-electron chi connectivity index (χ0n) is 19.3. The SMILES string of the molecule is O=C(O)CN1CCN(C(c2ccc(-c3ccccc3)cc2)c2cn[nH]c2-c2ccccc2F)CC1. The van der Waals surface area contributed by atoms with E-state index in [1.165, 1.54) is 6.07 Å². The van der Waals surface area contributed by atoms with Gasteiger partial charge in [0.05, 0.1) is 24.5 Å². The molecule has 4 aromatic rings. The lowest BCUT2D eigenvalue weighted by Crippen LogP contribution is -2.49. The van der Waals surface area contributed by atoms with Crippen LogP contribution in [0.2, 0.25) is 0 Å². The third-order valence-electron chi connectivity index (χ3n) is 6.57. The number of nitrogens with zero attached hydrogens (tertiary/aromatic N) is 3. The number of halogens is 1. The summed E-state index contributed by atoms with van der Waals surface area (Å²) in [7, 11) is 0. The molecule has 2 N–H and O–H groups in total. The Kier molecular flexibility index (Phi) is 6.70. The van der Waals surface area contributed by atoms with E-state index in [9.17, 15) is 14.3 Å². The largest absolute Gasteiger partial charge is 0.480 e. The van der Waals surface area contributed by atoms with Gasteiger partial charge in [-0.15, -0.1) is 0 Å². The van der Waals surface area contributed by atoms with Crippen molar-refractivity contribution in [3.05, 3.63) is 102 Å². The molecule has 3 aromatic carbocycles. The van der Waals surface area contributed by atoms with E-state index in [1.54, 1.807) is 18.3 Å². The highest BCUT2D eigenvalue weighted by molar-refractivity contribution is 5.69. The first kappa shape index (κ1) is 23.0. The van der Waals surface area contributed by atoms with Crippen molar-refractivity contribution >= 4 is 5.97 Å². The van der Waals surface area contributed by atoms with E-state index in [4.69, 9.17) is 0 Å². The first-order chi connectivity index (χ1) is 17.1. The van der Waals surface area contributed by atoms with Crippen molar-refractivity contribution in [2.75, 3.05) is 32.7 Å². The fourth-order valence-corrected chi connectivity index (χ4v) is 4.83. The number of aromatic nitrogens is 2. The third-order valence-corrected chi connectivity index (χ3v) is 6.57. The molecule has 7 heteroatoms. The Bertz CT molecular complexity index is 1280. The van der Waals surface area contributed by atoms with Crippen LogP contribution in [-0.4, -0.2) is 63.8 Å². The topological polar surface area (TPSA) is 72.5 Å². The van der Waals surface area contributed by atoms with Crippen LogP contribution in [0.3, 0.4) is 0 Å². The van der Waals surface area contributed by atoms with Crippen LogP contribution < -0.4 is 0 Å². The smallest absolute Gasteiger partial charge is 0.317 e. The number of aromatic amines is 1. The monoisotopic (exact) mass is 470 g/mol. The van der Waals surface area contributed by atoms with Crippen LogP contribution in [0.15, 0.2) is 85.1 Å². The molecule has 1 fully saturated rings. The third kappa shape index (κ3) is 5.01. The summed E-state index contributed by atoms with van der Waals surface area (Å²) in [5.74, 6) is -1.12. The molecular weight excluding hydrogens is 443 g/mol. The second-order valence-electron chi connectivity index (χ2n) is 8.78. The van der Waals surface area contributed by atoms with Crippen molar-refractivity contribution in [1.29, 1.82) is 0 Å². The van der Waals surface area contributed by atoms with Crippen molar-refractivity contribution in [1.82, 2.24) is 20.0 Å². The Morgan fingerprint density at radius 1 is 0.914 bits per heavy atom. The molecule has 0 bridgehead atoms. The van der Waals surface area contributed by atoms with E-state index in [-0.39, 0.29) is 18.4 Å². The summed E-state index contributed by atoms with van der Waals surface area (Å²) in [6.07, 6.45) is 1.78. The van der Waals surface area contributed by atoms with E-state index >= 15 is 0 Å². The zero-order chi connectivity index (χ0) is 24.2. The van der Waals surface area contributed by atoms with Crippen molar-refractivity contribution < 1.29 is 14.3 Å². The number of benzene rings is 3. The van der Waals surface area contributed by atoms with Crippen molar-refractivity contribution in [3.8, 4) is 22.4 Å². The number of aliphatic carboxylic acids is 1. The summed E-state index contributed by atoms with van der Waals surface area (Å²) in [6.45, 7) is 2.73. The molecule has 0 radical (unpaired) electrons. The van der Waals surface area contributed by atoms with Crippen molar-refractivity contribution in [2.45, 2.75) is 6.04 Å². The summed E-state index contributed by atoms with van der Waals surface area (Å²) < 4.78 is 14.7. The van der Waals surface area contributed by atoms with Gasteiger partial charge in [-0.3, -0.25) is 19.7 Å².